The summed E-state index contributed by atoms with van der Waals surface area (Å²) in [6.07, 6.45) is 3.90. The van der Waals surface area contributed by atoms with Gasteiger partial charge in [0.1, 0.15) is 0 Å². The quantitative estimate of drug-likeness (QED) is 0.642. The van der Waals surface area contributed by atoms with E-state index in [1.54, 1.807) is 0 Å². The molecule has 0 bridgehead atoms. The monoisotopic (exact) mass is 169 g/mol. The van der Waals surface area contributed by atoms with Gasteiger partial charge in [-0.1, -0.05) is 27.2 Å². The van der Waals surface area contributed by atoms with Crippen LogP contribution in [0.5, 0.6) is 0 Å². The van der Waals surface area contributed by atoms with Crippen molar-refractivity contribution in [3.63, 3.8) is 0 Å². The minimum atomic E-state index is 0.0891. The Morgan fingerprint density at radius 3 is 2.33 bits per heavy atom. The van der Waals surface area contributed by atoms with Crippen LogP contribution in [0, 0.1) is 17.8 Å². The van der Waals surface area contributed by atoms with Crippen molar-refractivity contribution in [2.75, 3.05) is 0 Å². The van der Waals surface area contributed by atoms with Gasteiger partial charge in [0.15, 0.2) is 0 Å². The van der Waals surface area contributed by atoms with Crippen LogP contribution in [0.3, 0.4) is 0 Å². The van der Waals surface area contributed by atoms with Gasteiger partial charge >= 0.3 is 0 Å². The molecule has 0 spiro atoms. The average molecular weight is 169 g/mol. The van der Waals surface area contributed by atoms with Crippen LogP contribution in [-0.2, 0) is 0 Å². The van der Waals surface area contributed by atoms with Crippen molar-refractivity contribution < 1.29 is 0 Å². The molecule has 72 valence electrons. The van der Waals surface area contributed by atoms with E-state index in [9.17, 15) is 0 Å². The first-order valence-corrected chi connectivity index (χ1v) is 5.22. The van der Waals surface area contributed by atoms with Gasteiger partial charge in [0.2, 0.25) is 0 Å². The summed E-state index contributed by atoms with van der Waals surface area (Å²) < 4.78 is 0. The maximum atomic E-state index is 6.31. The van der Waals surface area contributed by atoms with Gasteiger partial charge in [-0.2, -0.15) is 0 Å². The Morgan fingerprint density at radius 2 is 1.92 bits per heavy atom. The summed E-state index contributed by atoms with van der Waals surface area (Å²) in [5.74, 6) is 2.30. The van der Waals surface area contributed by atoms with E-state index in [1.807, 2.05) is 0 Å². The molecule has 1 saturated carbocycles. The van der Waals surface area contributed by atoms with Crippen LogP contribution in [0.15, 0.2) is 0 Å². The second kappa shape index (κ2) is 3.37. The fourth-order valence-corrected chi connectivity index (χ4v) is 2.89. The lowest BCUT2D eigenvalue weighted by atomic mass is 9.66. The summed E-state index contributed by atoms with van der Waals surface area (Å²) in [7, 11) is 0. The summed E-state index contributed by atoms with van der Waals surface area (Å²) in [5, 5.41) is 0. The van der Waals surface area contributed by atoms with Gasteiger partial charge in [-0.25, -0.2) is 0 Å². The summed E-state index contributed by atoms with van der Waals surface area (Å²) >= 11 is 0. The molecule has 0 heterocycles. The molecule has 1 rings (SSSR count). The van der Waals surface area contributed by atoms with Crippen LogP contribution < -0.4 is 5.73 Å². The highest BCUT2D eigenvalue weighted by atomic mass is 14.8. The molecule has 0 saturated heterocycles. The lowest BCUT2D eigenvalue weighted by Gasteiger charge is -2.43. The molecule has 1 heteroatoms. The van der Waals surface area contributed by atoms with Crippen molar-refractivity contribution >= 4 is 0 Å². The normalized spacial score (nSPS) is 43.5. The largest absolute Gasteiger partial charge is 0.325 e. The zero-order valence-corrected chi connectivity index (χ0v) is 8.93. The predicted octanol–water partition coefficient (Wildman–Crippen LogP) is 2.80. The van der Waals surface area contributed by atoms with Crippen LogP contribution in [-0.4, -0.2) is 5.54 Å². The number of rotatable bonds is 1. The zero-order valence-electron chi connectivity index (χ0n) is 8.93. The van der Waals surface area contributed by atoms with E-state index in [2.05, 4.69) is 27.7 Å². The van der Waals surface area contributed by atoms with Gasteiger partial charge in [-0.15, -0.1) is 0 Å². The van der Waals surface area contributed by atoms with Crippen LogP contribution in [0.4, 0.5) is 0 Å². The Morgan fingerprint density at radius 1 is 1.33 bits per heavy atom. The first-order chi connectivity index (χ1) is 5.43. The SMILES string of the molecule is CC(C)[C@@H]1CC[C@@H](C)C[C@@]1(C)N. The van der Waals surface area contributed by atoms with Crippen molar-refractivity contribution in [3.8, 4) is 0 Å². The molecular weight excluding hydrogens is 146 g/mol. The van der Waals surface area contributed by atoms with Gasteiger partial charge in [0.05, 0.1) is 0 Å². The van der Waals surface area contributed by atoms with E-state index < -0.39 is 0 Å². The minimum Gasteiger partial charge on any atom is -0.325 e. The van der Waals surface area contributed by atoms with Crippen molar-refractivity contribution in [3.05, 3.63) is 0 Å². The summed E-state index contributed by atoms with van der Waals surface area (Å²) in [4.78, 5) is 0. The molecule has 1 fully saturated rings. The van der Waals surface area contributed by atoms with Gasteiger partial charge < -0.3 is 5.73 Å². The van der Waals surface area contributed by atoms with E-state index in [1.165, 1.54) is 19.3 Å². The van der Waals surface area contributed by atoms with E-state index in [-0.39, 0.29) is 5.54 Å². The Kier molecular flexibility index (Phi) is 2.82. The summed E-state index contributed by atoms with van der Waals surface area (Å²) in [6.45, 7) is 9.15. The van der Waals surface area contributed by atoms with E-state index >= 15 is 0 Å². The Labute approximate surface area is 76.7 Å². The van der Waals surface area contributed by atoms with E-state index in [0.717, 1.165) is 17.8 Å². The molecule has 3 atom stereocenters. The molecule has 0 aliphatic heterocycles. The van der Waals surface area contributed by atoms with Crippen molar-refractivity contribution in [2.24, 2.45) is 23.5 Å². The van der Waals surface area contributed by atoms with E-state index in [4.69, 9.17) is 5.73 Å². The molecule has 0 amide bonds. The van der Waals surface area contributed by atoms with E-state index in [0.29, 0.717) is 0 Å². The fourth-order valence-electron chi connectivity index (χ4n) is 2.89. The number of hydrogen-bond donors (Lipinski definition) is 1. The van der Waals surface area contributed by atoms with Crippen LogP contribution >= 0.6 is 0 Å². The fraction of sp³-hybridized carbons (Fsp3) is 1.00. The zero-order chi connectivity index (χ0) is 9.35. The topological polar surface area (TPSA) is 26.0 Å². The first kappa shape index (κ1) is 10.0. The molecule has 12 heavy (non-hydrogen) atoms. The lowest BCUT2D eigenvalue weighted by molar-refractivity contribution is 0.124. The Bertz CT molecular complexity index is 149. The first-order valence-electron chi connectivity index (χ1n) is 5.22. The van der Waals surface area contributed by atoms with Crippen molar-refractivity contribution in [1.29, 1.82) is 0 Å². The number of nitrogens with two attached hydrogens (primary N) is 1. The van der Waals surface area contributed by atoms with Gasteiger partial charge in [0, 0.05) is 5.54 Å². The molecule has 0 unspecified atom stereocenters. The predicted molar refractivity (Wildman–Crippen MR) is 53.9 cm³/mol. The highest BCUT2D eigenvalue weighted by molar-refractivity contribution is 4.93. The maximum absolute atomic E-state index is 6.31. The van der Waals surface area contributed by atoms with Gasteiger partial charge in [-0.3, -0.25) is 0 Å². The molecule has 2 N–H and O–H groups in total. The van der Waals surface area contributed by atoms with Gasteiger partial charge in [-0.05, 0) is 37.5 Å². The van der Waals surface area contributed by atoms with Crippen LogP contribution in [0.2, 0.25) is 0 Å². The molecular formula is C11H23N. The highest BCUT2D eigenvalue weighted by Gasteiger charge is 2.37. The third-order valence-corrected chi connectivity index (χ3v) is 3.41. The maximum Gasteiger partial charge on any atom is 0.0159 e. The molecule has 0 aromatic heterocycles. The molecule has 0 aromatic carbocycles. The summed E-state index contributed by atoms with van der Waals surface area (Å²) in [5.41, 5.74) is 6.40. The van der Waals surface area contributed by atoms with Gasteiger partial charge in [0.25, 0.3) is 0 Å². The third-order valence-electron chi connectivity index (χ3n) is 3.41. The molecule has 0 aromatic rings. The minimum absolute atomic E-state index is 0.0891. The smallest absolute Gasteiger partial charge is 0.0159 e. The van der Waals surface area contributed by atoms with Crippen LogP contribution in [0.1, 0.15) is 47.0 Å². The average Bonchev–Trinajstić information content (AvgIpc) is 1.82. The highest BCUT2D eigenvalue weighted by Crippen LogP contribution is 2.38. The molecule has 1 aliphatic carbocycles. The Hall–Kier alpha value is -0.0400. The summed E-state index contributed by atoms with van der Waals surface area (Å²) in [6, 6.07) is 0. The Balaban J connectivity index is 2.64. The third kappa shape index (κ3) is 2.01. The molecule has 1 nitrogen and oxygen atoms in total. The standard InChI is InChI=1S/C11H23N/c1-8(2)10-6-5-9(3)7-11(10,4)12/h8-10H,5-7,12H2,1-4H3/t9-,10+,11-/m1/s1. The molecule has 1 aliphatic rings. The van der Waals surface area contributed by atoms with Crippen LogP contribution in [0.25, 0.3) is 0 Å². The lowest BCUT2D eigenvalue weighted by Crippen LogP contribution is -2.50. The van der Waals surface area contributed by atoms with Crippen molar-refractivity contribution in [2.45, 2.75) is 52.5 Å². The molecule has 0 radical (unpaired) electrons. The number of hydrogen-bond acceptors (Lipinski definition) is 1. The second-order valence-corrected chi connectivity index (χ2v) is 5.24. The van der Waals surface area contributed by atoms with Crippen molar-refractivity contribution in [1.82, 2.24) is 0 Å². The second-order valence-electron chi connectivity index (χ2n) is 5.24.